The second kappa shape index (κ2) is 7.91. The van der Waals surface area contributed by atoms with Gasteiger partial charge in [0.15, 0.2) is 0 Å². The van der Waals surface area contributed by atoms with E-state index in [1.807, 2.05) is 0 Å². The van der Waals surface area contributed by atoms with Crippen molar-refractivity contribution in [1.82, 2.24) is 0 Å². The minimum absolute atomic E-state index is 0.157. The third-order valence-corrected chi connectivity index (χ3v) is 5.12. The van der Waals surface area contributed by atoms with Crippen LogP contribution in [-0.2, 0) is 0 Å². The maximum Gasteiger partial charge on any atom is 0.335 e. The first-order valence-electron chi connectivity index (χ1n) is 8.63. The van der Waals surface area contributed by atoms with Gasteiger partial charge in [0.05, 0.1) is 16.9 Å². The third kappa shape index (κ3) is 4.25. The van der Waals surface area contributed by atoms with Gasteiger partial charge < -0.3 is 15.3 Å². The van der Waals surface area contributed by atoms with Gasteiger partial charge in [-0.2, -0.15) is 0 Å². The number of carbonyl (C=O) groups is 2. The van der Waals surface area contributed by atoms with E-state index >= 15 is 0 Å². The minimum Gasteiger partial charge on any atom is -0.478 e. The molecule has 0 saturated carbocycles. The summed E-state index contributed by atoms with van der Waals surface area (Å²) in [5, 5.41) is 12.2. The van der Waals surface area contributed by atoms with E-state index in [4.69, 9.17) is 0 Å². The molecule has 3 rings (SSSR count). The Morgan fingerprint density at radius 3 is 2.50 bits per heavy atom. The van der Waals surface area contributed by atoms with Gasteiger partial charge in [-0.3, -0.25) is 4.79 Å². The highest BCUT2D eigenvalue weighted by molar-refractivity contribution is 9.10. The molecule has 0 aliphatic carbocycles. The Balaban J connectivity index is 1.91. The zero-order chi connectivity index (χ0) is 18.7. The number of carboxylic acids is 1. The number of carbonyl (C=O) groups excluding carboxylic acids is 1. The van der Waals surface area contributed by atoms with Gasteiger partial charge in [-0.25, -0.2) is 4.79 Å². The fraction of sp³-hybridized carbons (Fsp3) is 0.300. The molecule has 2 aromatic rings. The Hall–Kier alpha value is -2.34. The number of nitrogens with zero attached hydrogens (tertiary/aromatic N) is 1. The molecular formula is C20H21BrN2O3. The topological polar surface area (TPSA) is 69.6 Å². The second-order valence-electron chi connectivity index (χ2n) is 6.69. The molecule has 6 heteroatoms. The van der Waals surface area contributed by atoms with Crippen molar-refractivity contribution >= 4 is 39.2 Å². The van der Waals surface area contributed by atoms with Crippen LogP contribution in [0.4, 0.5) is 11.4 Å². The molecule has 26 heavy (non-hydrogen) atoms. The molecule has 0 unspecified atom stereocenters. The first-order valence-corrected chi connectivity index (χ1v) is 9.42. The number of hydrogen-bond donors (Lipinski definition) is 2. The Labute approximate surface area is 161 Å². The molecule has 1 aliphatic heterocycles. The average Bonchev–Trinajstić information content (AvgIpc) is 2.62. The Bertz CT molecular complexity index is 820. The number of hydrogen-bond acceptors (Lipinski definition) is 3. The molecule has 2 aromatic carbocycles. The lowest BCUT2D eigenvalue weighted by atomic mass is 9.99. The van der Waals surface area contributed by atoms with E-state index in [0.29, 0.717) is 17.2 Å². The lowest BCUT2D eigenvalue weighted by Gasteiger charge is -2.34. The predicted molar refractivity (Wildman–Crippen MR) is 106 cm³/mol. The first-order chi connectivity index (χ1) is 12.4. The van der Waals surface area contributed by atoms with Crippen molar-refractivity contribution < 1.29 is 14.7 Å². The number of carboxylic acid groups (broad SMARTS) is 1. The number of halogens is 1. The van der Waals surface area contributed by atoms with Crippen molar-refractivity contribution in [2.24, 2.45) is 5.92 Å². The number of aromatic carboxylic acids is 1. The van der Waals surface area contributed by atoms with Crippen molar-refractivity contribution in [2.75, 3.05) is 23.3 Å². The van der Waals surface area contributed by atoms with Crippen molar-refractivity contribution in [3.05, 3.63) is 58.1 Å². The maximum absolute atomic E-state index is 12.6. The number of anilines is 2. The van der Waals surface area contributed by atoms with Crippen LogP contribution in [0.3, 0.4) is 0 Å². The molecule has 1 saturated heterocycles. The molecule has 1 heterocycles. The van der Waals surface area contributed by atoms with Gasteiger partial charge in [0, 0.05) is 23.1 Å². The standard InChI is InChI=1S/C20H21BrN2O3/c1-13-3-2-10-23(12-13)18-9-6-15(20(25)26)11-17(18)22-19(24)14-4-7-16(21)8-5-14/h4-9,11,13H,2-3,10,12H2,1H3,(H,22,24)(H,25,26)/t13-/m1/s1. The van der Waals surface area contributed by atoms with Crippen molar-refractivity contribution in [3.8, 4) is 0 Å². The number of piperidine rings is 1. The molecular weight excluding hydrogens is 396 g/mol. The summed E-state index contributed by atoms with van der Waals surface area (Å²) < 4.78 is 0.893. The lowest BCUT2D eigenvalue weighted by molar-refractivity contribution is 0.0696. The molecule has 0 radical (unpaired) electrons. The fourth-order valence-electron chi connectivity index (χ4n) is 3.25. The first kappa shape index (κ1) is 18.5. The summed E-state index contributed by atoms with van der Waals surface area (Å²) >= 11 is 3.35. The van der Waals surface area contributed by atoms with Gasteiger partial charge in [-0.05, 0) is 61.2 Å². The Morgan fingerprint density at radius 1 is 1.15 bits per heavy atom. The summed E-state index contributed by atoms with van der Waals surface area (Å²) in [4.78, 5) is 26.2. The number of amides is 1. The molecule has 136 valence electrons. The lowest BCUT2D eigenvalue weighted by Crippen LogP contribution is -2.35. The minimum atomic E-state index is -1.01. The molecule has 1 atom stereocenters. The molecule has 1 fully saturated rings. The molecule has 1 amide bonds. The summed E-state index contributed by atoms with van der Waals surface area (Å²) in [5.74, 6) is -0.702. The van der Waals surface area contributed by atoms with Crippen LogP contribution >= 0.6 is 15.9 Å². The molecule has 0 spiro atoms. The van der Waals surface area contributed by atoms with E-state index in [-0.39, 0.29) is 11.5 Å². The SMILES string of the molecule is C[C@@H]1CCCN(c2ccc(C(=O)O)cc2NC(=O)c2ccc(Br)cc2)C1. The van der Waals surface area contributed by atoms with E-state index in [1.54, 1.807) is 36.4 Å². The average molecular weight is 417 g/mol. The highest BCUT2D eigenvalue weighted by atomic mass is 79.9. The molecule has 2 N–H and O–H groups in total. The van der Waals surface area contributed by atoms with Crippen LogP contribution in [0.15, 0.2) is 46.9 Å². The fourth-order valence-corrected chi connectivity index (χ4v) is 3.51. The Morgan fingerprint density at radius 2 is 1.85 bits per heavy atom. The van der Waals surface area contributed by atoms with Crippen molar-refractivity contribution in [2.45, 2.75) is 19.8 Å². The summed E-state index contributed by atoms with van der Waals surface area (Å²) in [5.41, 5.74) is 2.08. The van der Waals surface area contributed by atoms with Crippen LogP contribution in [0.25, 0.3) is 0 Å². The maximum atomic E-state index is 12.6. The highest BCUT2D eigenvalue weighted by Crippen LogP contribution is 2.31. The van der Waals surface area contributed by atoms with Crippen LogP contribution in [0.5, 0.6) is 0 Å². The summed E-state index contributed by atoms with van der Waals surface area (Å²) in [6.45, 7) is 4.00. The van der Waals surface area contributed by atoms with Gasteiger partial charge in [-0.1, -0.05) is 22.9 Å². The predicted octanol–water partition coefficient (Wildman–Crippen LogP) is 4.64. The second-order valence-corrected chi connectivity index (χ2v) is 7.61. The summed E-state index contributed by atoms with van der Waals surface area (Å²) in [7, 11) is 0. The van der Waals surface area contributed by atoms with E-state index in [2.05, 4.69) is 33.1 Å². The van der Waals surface area contributed by atoms with Crippen LogP contribution in [0.2, 0.25) is 0 Å². The summed E-state index contributed by atoms with van der Waals surface area (Å²) in [6, 6.07) is 12.0. The quantitative estimate of drug-likeness (QED) is 0.761. The largest absolute Gasteiger partial charge is 0.478 e. The third-order valence-electron chi connectivity index (χ3n) is 4.60. The molecule has 1 aliphatic rings. The van der Waals surface area contributed by atoms with E-state index in [1.165, 1.54) is 12.5 Å². The van der Waals surface area contributed by atoms with E-state index in [0.717, 1.165) is 29.7 Å². The van der Waals surface area contributed by atoms with Crippen LogP contribution in [0, 0.1) is 5.92 Å². The van der Waals surface area contributed by atoms with Gasteiger partial charge in [-0.15, -0.1) is 0 Å². The van der Waals surface area contributed by atoms with Gasteiger partial charge in [0.1, 0.15) is 0 Å². The van der Waals surface area contributed by atoms with Crippen LogP contribution in [-0.4, -0.2) is 30.1 Å². The van der Waals surface area contributed by atoms with E-state index in [9.17, 15) is 14.7 Å². The van der Waals surface area contributed by atoms with Crippen molar-refractivity contribution in [3.63, 3.8) is 0 Å². The van der Waals surface area contributed by atoms with Gasteiger partial charge >= 0.3 is 5.97 Å². The number of nitrogens with one attached hydrogen (secondary N) is 1. The normalized spacial score (nSPS) is 17.0. The Kier molecular flexibility index (Phi) is 5.61. The van der Waals surface area contributed by atoms with Crippen molar-refractivity contribution in [1.29, 1.82) is 0 Å². The summed E-state index contributed by atoms with van der Waals surface area (Å²) in [6.07, 6.45) is 2.27. The number of benzene rings is 2. The van der Waals surface area contributed by atoms with Crippen LogP contribution < -0.4 is 10.2 Å². The van der Waals surface area contributed by atoms with E-state index < -0.39 is 5.97 Å². The van der Waals surface area contributed by atoms with Crippen LogP contribution in [0.1, 0.15) is 40.5 Å². The zero-order valence-corrected chi connectivity index (χ0v) is 16.1. The molecule has 0 bridgehead atoms. The van der Waals surface area contributed by atoms with Gasteiger partial charge in [0.2, 0.25) is 0 Å². The zero-order valence-electron chi connectivity index (χ0n) is 14.5. The smallest absolute Gasteiger partial charge is 0.335 e. The molecule has 5 nitrogen and oxygen atoms in total. The number of rotatable bonds is 4. The van der Waals surface area contributed by atoms with Gasteiger partial charge in [0.25, 0.3) is 5.91 Å². The monoisotopic (exact) mass is 416 g/mol. The molecule has 0 aromatic heterocycles. The highest BCUT2D eigenvalue weighted by Gasteiger charge is 2.21.